The van der Waals surface area contributed by atoms with Gasteiger partial charge in [-0.05, 0) is 23.8 Å². The lowest BCUT2D eigenvalue weighted by molar-refractivity contribution is 0.304. The summed E-state index contributed by atoms with van der Waals surface area (Å²) < 4.78 is 5.61. The van der Waals surface area contributed by atoms with Gasteiger partial charge in [0.15, 0.2) is 0 Å². The summed E-state index contributed by atoms with van der Waals surface area (Å²) in [6.45, 7) is 0.645. The van der Waals surface area contributed by atoms with E-state index in [9.17, 15) is 0 Å². The molecule has 0 atom stereocenters. The first kappa shape index (κ1) is 13.5. The van der Waals surface area contributed by atoms with Crippen molar-refractivity contribution in [2.24, 2.45) is 5.73 Å². The van der Waals surface area contributed by atoms with Crippen molar-refractivity contribution in [3.05, 3.63) is 53.6 Å². The van der Waals surface area contributed by atoms with Crippen molar-refractivity contribution >= 4 is 0 Å². The van der Waals surface area contributed by atoms with Gasteiger partial charge in [-0.15, -0.1) is 0 Å². The molecule has 2 heterocycles. The Morgan fingerprint density at radius 3 is 3.00 bits per heavy atom. The normalized spacial score (nSPS) is 9.20. The predicted molar refractivity (Wildman–Crippen MR) is 73.5 cm³/mol. The number of ether oxygens (including phenoxy) is 1. The Labute approximate surface area is 117 Å². The maximum Gasteiger partial charge on any atom is 0.140 e. The van der Waals surface area contributed by atoms with E-state index < -0.39 is 0 Å². The minimum atomic E-state index is 0.305. The van der Waals surface area contributed by atoms with Crippen LogP contribution in [-0.2, 0) is 6.61 Å². The van der Waals surface area contributed by atoms with Crippen LogP contribution < -0.4 is 10.5 Å². The molecule has 98 valence electrons. The second-order valence-electron chi connectivity index (χ2n) is 3.87. The first-order chi connectivity index (χ1) is 9.81. The molecule has 0 aliphatic heterocycles. The molecule has 0 saturated heterocycles. The topological polar surface area (TPSA) is 84.8 Å². The van der Waals surface area contributed by atoms with E-state index in [0.29, 0.717) is 24.6 Å². The molecule has 0 bridgehead atoms. The molecule has 0 aliphatic carbocycles. The number of pyridine rings is 2. The number of hydrogen-bond acceptors (Lipinski definition) is 5. The van der Waals surface area contributed by atoms with Crippen LogP contribution in [0.1, 0.15) is 16.8 Å². The Morgan fingerprint density at radius 1 is 1.30 bits per heavy atom. The second-order valence-corrected chi connectivity index (χ2v) is 3.87. The van der Waals surface area contributed by atoms with E-state index in [4.69, 9.17) is 15.7 Å². The summed E-state index contributed by atoms with van der Waals surface area (Å²) in [6, 6.07) is 7.27. The largest absolute Gasteiger partial charge is 0.487 e. The molecule has 0 spiro atoms. The van der Waals surface area contributed by atoms with Gasteiger partial charge in [0, 0.05) is 18.0 Å². The molecule has 5 nitrogen and oxygen atoms in total. The highest BCUT2D eigenvalue weighted by Crippen LogP contribution is 2.13. The van der Waals surface area contributed by atoms with Crippen LogP contribution in [0.4, 0.5) is 0 Å². The van der Waals surface area contributed by atoms with E-state index in [0.717, 1.165) is 11.1 Å². The summed E-state index contributed by atoms with van der Waals surface area (Å²) in [4.78, 5) is 7.95. The van der Waals surface area contributed by atoms with E-state index in [1.54, 1.807) is 36.8 Å². The Hall–Kier alpha value is -2.89. The van der Waals surface area contributed by atoms with Gasteiger partial charge in [-0.1, -0.05) is 11.8 Å². The fourth-order valence-electron chi connectivity index (χ4n) is 1.51. The van der Waals surface area contributed by atoms with Gasteiger partial charge >= 0.3 is 0 Å². The number of aromatic nitrogens is 2. The van der Waals surface area contributed by atoms with Crippen LogP contribution in [-0.4, -0.2) is 16.5 Å². The van der Waals surface area contributed by atoms with Crippen molar-refractivity contribution in [1.29, 1.82) is 5.26 Å². The molecule has 2 aromatic heterocycles. The van der Waals surface area contributed by atoms with Crippen LogP contribution in [0.15, 0.2) is 36.8 Å². The average molecular weight is 264 g/mol. The molecule has 0 amide bonds. The highest BCUT2D eigenvalue weighted by molar-refractivity contribution is 5.37. The third-order valence-electron chi connectivity index (χ3n) is 2.39. The molecule has 0 unspecified atom stereocenters. The smallest absolute Gasteiger partial charge is 0.140 e. The van der Waals surface area contributed by atoms with Gasteiger partial charge in [0.25, 0.3) is 0 Å². The lowest BCUT2D eigenvalue weighted by Crippen LogP contribution is -1.98. The zero-order chi connectivity index (χ0) is 14.2. The Balaban J connectivity index is 2.05. The molecule has 0 fully saturated rings. The van der Waals surface area contributed by atoms with E-state index in [2.05, 4.69) is 21.8 Å². The summed E-state index contributed by atoms with van der Waals surface area (Å²) in [5.41, 5.74) is 7.31. The molecule has 2 aromatic rings. The van der Waals surface area contributed by atoms with Crippen LogP contribution in [0.25, 0.3) is 0 Å². The standard InChI is InChI=1S/C15H12N4O/c16-4-1-2-12-7-15(10-18-9-12)20-11-13-3-5-19-14(6-13)8-17/h3,5-7,9-10H,4,11,16H2. The molecule has 2 N–H and O–H groups in total. The molecule has 0 radical (unpaired) electrons. The lowest BCUT2D eigenvalue weighted by Gasteiger charge is -2.06. The van der Waals surface area contributed by atoms with Crippen LogP contribution in [0, 0.1) is 23.2 Å². The zero-order valence-corrected chi connectivity index (χ0v) is 10.7. The summed E-state index contributed by atoms with van der Waals surface area (Å²) in [5, 5.41) is 8.78. The highest BCUT2D eigenvalue weighted by atomic mass is 16.5. The maximum absolute atomic E-state index is 8.78. The molecule has 0 aliphatic rings. The maximum atomic E-state index is 8.78. The van der Waals surface area contributed by atoms with Gasteiger partial charge in [-0.2, -0.15) is 5.26 Å². The Morgan fingerprint density at radius 2 is 2.20 bits per heavy atom. The zero-order valence-electron chi connectivity index (χ0n) is 10.7. The number of nitrogens with two attached hydrogens (primary N) is 1. The van der Waals surface area contributed by atoms with Crippen LogP contribution in [0.5, 0.6) is 5.75 Å². The summed E-state index contributed by atoms with van der Waals surface area (Å²) >= 11 is 0. The van der Waals surface area contributed by atoms with Crippen molar-refractivity contribution in [2.75, 3.05) is 6.54 Å². The Bertz CT molecular complexity index is 695. The van der Waals surface area contributed by atoms with Crippen LogP contribution in [0.2, 0.25) is 0 Å². The van der Waals surface area contributed by atoms with E-state index in [1.807, 2.05) is 6.07 Å². The monoisotopic (exact) mass is 264 g/mol. The molecule has 0 aromatic carbocycles. The fourth-order valence-corrected chi connectivity index (χ4v) is 1.51. The van der Waals surface area contributed by atoms with E-state index in [1.165, 1.54) is 0 Å². The lowest BCUT2D eigenvalue weighted by atomic mass is 10.2. The molecule has 0 saturated carbocycles. The third-order valence-corrected chi connectivity index (χ3v) is 2.39. The number of nitrogens with zero attached hydrogens (tertiary/aromatic N) is 3. The van der Waals surface area contributed by atoms with Gasteiger partial charge < -0.3 is 10.5 Å². The summed E-state index contributed by atoms with van der Waals surface area (Å²) in [5.74, 6) is 6.26. The van der Waals surface area contributed by atoms with Gasteiger partial charge in [0.2, 0.25) is 0 Å². The summed E-state index contributed by atoms with van der Waals surface area (Å²) in [7, 11) is 0. The minimum Gasteiger partial charge on any atom is -0.487 e. The van der Waals surface area contributed by atoms with Crippen molar-refractivity contribution < 1.29 is 4.74 Å². The third kappa shape index (κ3) is 3.81. The number of nitriles is 1. The van der Waals surface area contributed by atoms with Crippen LogP contribution in [0.3, 0.4) is 0 Å². The first-order valence-electron chi connectivity index (χ1n) is 5.93. The van der Waals surface area contributed by atoms with Crippen molar-refractivity contribution in [2.45, 2.75) is 6.61 Å². The van der Waals surface area contributed by atoms with Gasteiger partial charge in [0.1, 0.15) is 24.1 Å². The molecular formula is C15H12N4O. The second kappa shape index (κ2) is 6.89. The molecule has 20 heavy (non-hydrogen) atoms. The number of rotatable bonds is 3. The molecule has 5 heteroatoms. The van der Waals surface area contributed by atoms with Crippen LogP contribution >= 0.6 is 0 Å². The average Bonchev–Trinajstić information content (AvgIpc) is 2.51. The van der Waals surface area contributed by atoms with Gasteiger partial charge in [-0.25, -0.2) is 4.98 Å². The van der Waals surface area contributed by atoms with Crippen molar-refractivity contribution in [1.82, 2.24) is 9.97 Å². The Kier molecular flexibility index (Phi) is 4.66. The van der Waals surface area contributed by atoms with Crippen molar-refractivity contribution in [3.8, 4) is 23.7 Å². The first-order valence-corrected chi connectivity index (χ1v) is 5.93. The molecule has 2 rings (SSSR count). The predicted octanol–water partition coefficient (Wildman–Crippen LogP) is 1.24. The van der Waals surface area contributed by atoms with Crippen molar-refractivity contribution in [3.63, 3.8) is 0 Å². The highest BCUT2D eigenvalue weighted by Gasteiger charge is 1.99. The molecular weight excluding hydrogens is 252 g/mol. The van der Waals surface area contributed by atoms with E-state index in [-0.39, 0.29) is 0 Å². The van der Waals surface area contributed by atoms with Gasteiger partial charge in [-0.3, -0.25) is 4.98 Å². The SMILES string of the molecule is N#Cc1cc(COc2cncc(C#CCN)c2)ccn1. The van der Waals surface area contributed by atoms with E-state index >= 15 is 0 Å². The number of hydrogen-bond donors (Lipinski definition) is 1. The summed E-state index contributed by atoms with van der Waals surface area (Å²) in [6.07, 6.45) is 4.84. The quantitative estimate of drug-likeness (QED) is 0.843. The minimum absolute atomic E-state index is 0.305. The fraction of sp³-hybridized carbons (Fsp3) is 0.133. The van der Waals surface area contributed by atoms with Gasteiger partial charge in [0.05, 0.1) is 12.7 Å².